The molecule has 0 saturated carbocycles. The molecule has 1 aliphatic rings. The first-order chi connectivity index (χ1) is 10.7. The third-order valence-corrected chi connectivity index (χ3v) is 4.97. The highest BCUT2D eigenvalue weighted by atomic mass is 35.5. The average molecular weight is 376 g/mol. The molecule has 0 radical (unpaired) electrons. The molecule has 0 bridgehead atoms. The Labute approximate surface area is 158 Å². The van der Waals surface area contributed by atoms with Crippen LogP contribution in [0.3, 0.4) is 0 Å². The molecule has 5 heteroatoms. The number of carboxylic acid groups (broad SMARTS) is 1. The van der Waals surface area contributed by atoms with Crippen molar-refractivity contribution in [3.63, 3.8) is 0 Å². The van der Waals surface area contributed by atoms with E-state index in [1.807, 2.05) is 0 Å². The Morgan fingerprint density at radius 1 is 1.21 bits per heavy atom. The van der Waals surface area contributed by atoms with Crippen LogP contribution in [-0.2, 0) is 17.8 Å². The van der Waals surface area contributed by atoms with Crippen molar-refractivity contribution in [3.05, 3.63) is 35.4 Å². The van der Waals surface area contributed by atoms with Gasteiger partial charge in [-0.15, -0.1) is 24.8 Å². The molecule has 0 saturated heterocycles. The lowest BCUT2D eigenvalue weighted by Crippen LogP contribution is -2.40. The summed E-state index contributed by atoms with van der Waals surface area (Å²) in [4.78, 5) is 13.9. The number of aliphatic carboxylic acids is 1. The van der Waals surface area contributed by atoms with E-state index in [4.69, 9.17) is 0 Å². The van der Waals surface area contributed by atoms with E-state index >= 15 is 0 Å². The van der Waals surface area contributed by atoms with E-state index in [-0.39, 0.29) is 30.7 Å². The second-order valence-corrected chi connectivity index (χ2v) is 6.44. The van der Waals surface area contributed by atoms with Crippen LogP contribution in [0.2, 0.25) is 0 Å². The van der Waals surface area contributed by atoms with Gasteiger partial charge in [0, 0.05) is 12.6 Å². The maximum atomic E-state index is 11.4. The Hall–Kier alpha value is -0.770. The molecule has 1 N–H and O–H groups in total. The monoisotopic (exact) mass is 375 g/mol. The molecule has 138 valence electrons. The first-order valence-corrected chi connectivity index (χ1v) is 8.69. The molecule has 1 aromatic rings. The Morgan fingerprint density at radius 2 is 1.88 bits per heavy atom. The molecule has 2 atom stereocenters. The van der Waals surface area contributed by atoms with Gasteiger partial charge in [-0.3, -0.25) is 9.69 Å². The summed E-state index contributed by atoms with van der Waals surface area (Å²) in [5, 5.41) is 9.40. The van der Waals surface area contributed by atoms with Crippen LogP contribution in [0.5, 0.6) is 0 Å². The maximum Gasteiger partial charge on any atom is 0.306 e. The second kappa shape index (κ2) is 11.7. The van der Waals surface area contributed by atoms with Gasteiger partial charge in [-0.05, 0) is 43.4 Å². The molecule has 1 aliphatic heterocycles. The zero-order chi connectivity index (χ0) is 15.9. The molecule has 1 heterocycles. The Kier molecular flexibility index (Phi) is 11.4. The van der Waals surface area contributed by atoms with Gasteiger partial charge in [0.2, 0.25) is 0 Å². The Bertz CT molecular complexity index is 496. The SMILES string of the molecule is CCCCC(CCC1Cc2ccccc2CN1CC)C(=O)O.Cl.Cl. The lowest BCUT2D eigenvalue weighted by molar-refractivity contribution is -0.142. The quantitative estimate of drug-likeness (QED) is 0.698. The minimum absolute atomic E-state index is 0. The topological polar surface area (TPSA) is 40.5 Å². The van der Waals surface area contributed by atoms with E-state index in [1.54, 1.807) is 0 Å². The van der Waals surface area contributed by atoms with E-state index in [1.165, 1.54) is 11.1 Å². The highest BCUT2D eigenvalue weighted by Gasteiger charge is 2.26. The number of hydrogen-bond acceptors (Lipinski definition) is 2. The molecule has 0 amide bonds. The van der Waals surface area contributed by atoms with Crippen molar-refractivity contribution in [1.82, 2.24) is 4.90 Å². The zero-order valence-electron chi connectivity index (χ0n) is 14.7. The number of unbranched alkanes of at least 4 members (excludes halogenated alkanes) is 1. The summed E-state index contributed by atoms with van der Waals surface area (Å²) in [6.45, 7) is 6.36. The Balaban J connectivity index is 0.00000264. The molecule has 0 aromatic heterocycles. The highest BCUT2D eigenvalue weighted by molar-refractivity contribution is 5.85. The van der Waals surface area contributed by atoms with Gasteiger partial charge in [-0.1, -0.05) is 51.0 Å². The highest BCUT2D eigenvalue weighted by Crippen LogP contribution is 2.27. The average Bonchev–Trinajstić information content (AvgIpc) is 2.53. The van der Waals surface area contributed by atoms with Crippen molar-refractivity contribution in [2.45, 2.75) is 65.0 Å². The van der Waals surface area contributed by atoms with Gasteiger partial charge in [0.15, 0.2) is 0 Å². The van der Waals surface area contributed by atoms with Crippen LogP contribution >= 0.6 is 24.8 Å². The maximum absolute atomic E-state index is 11.4. The van der Waals surface area contributed by atoms with Gasteiger partial charge < -0.3 is 5.11 Å². The first kappa shape index (κ1) is 23.2. The third kappa shape index (κ3) is 6.27. The van der Waals surface area contributed by atoms with Crippen molar-refractivity contribution in [2.24, 2.45) is 5.92 Å². The zero-order valence-corrected chi connectivity index (χ0v) is 16.4. The van der Waals surface area contributed by atoms with Gasteiger partial charge in [0.25, 0.3) is 0 Å². The fourth-order valence-corrected chi connectivity index (χ4v) is 3.53. The van der Waals surface area contributed by atoms with Crippen molar-refractivity contribution in [1.29, 1.82) is 0 Å². The fourth-order valence-electron chi connectivity index (χ4n) is 3.53. The molecule has 0 spiro atoms. The van der Waals surface area contributed by atoms with Crippen LogP contribution in [0.4, 0.5) is 0 Å². The van der Waals surface area contributed by atoms with Gasteiger partial charge in [-0.2, -0.15) is 0 Å². The minimum Gasteiger partial charge on any atom is -0.481 e. The second-order valence-electron chi connectivity index (χ2n) is 6.44. The molecular formula is C19H31Cl2NO2. The molecule has 24 heavy (non-hydrogen) atoms. The van der Waals surface area contributed by atoms with Crippen LogP contribution in [-0.4, -0.2) is 28.6 Å². The minimum atomic E-state index is -0.618. The largest absolute Gasteiger partial charge is 0.481 e. The number of benzene rings is 1. The normalized spacial score (nSPS) is 18.0. The van der Waals surface area contributed by atoms with Crippen molar-refractivity contribution < 1.29 is 9.90 Å². The van der Waals surface area contributed by atoms with Crippen molar-refractivity contribution in [2.75, 3.05) is 6.54 Å². The third-order valence-electron chi connectivity index (χ3n) is 4.97. The van der Waals surface area contributed by atoms with Gasteiger partial charge in [0.05, 0.1) is 5.92 Å². The Morgan fingerprint density at radius 3 is 2.46 bits per heavy atom. The number of halogens is 2. The van der Waals surface area contributed by atoms with E-state index in [2.05, 4.69) is 43.0 Å². The molecular weight excluding hydrogens is 345 g/mol. The summed E-state index contributed by atoms with van der Waals surface area (Å²) in [7, 11) is 0. The summed E-state index contributed by atoms with van der Waals surface area (Å²) in [6.07, 6.45) is 5.76. The predicted octanol–water partition coefficient (Wildman–Crippen LogP) is 4.95. The lowest BCUT2D eigenvalue weighted by atomic mass is 9.88. The van der Waals surface area contributed by atoms with Crippen LogP contribution in [0, 0.1) is 5.92 Å². The van der Waals surface area contributed by atoms with Crippen LogP contribution in [0.15, 0.2) is 24.3 Å². The molecule has 1 aromatic carbocycles. The number of carboxylic acids is 1. The summed E-state index contributed by atoms with van der Waals surface area (Å²) < 4.78 is 0. The smallest absolute Gasteiger partial charge is 0.306 e. The van der Waals surface area contributed by atoms with Gasteiger partial charge in [0.1, 0.15) is 0 Å². The number of hydrogen-bond donors (Lipinski definition) is 1. The first-order valence-electron chi connectivity index (χ1n) is 8.69. The van der Waals surface area contributed by atoms with E-state index in [0.717, 1.165) is 51.6 Å². The summed E-state index contributed by atoms with van der Waals surface area (Å²) in [5.41, 5.74) is 2.87. The molecule has 0 aliphatic carbocycles. The molecule has 2 unspecified atom stereocenters. The van der Waals surface area contributed by atoms with E-state index < -0.39 is 5.97 Å². The van der Waals surface area contributed by atoms with E-state index in [0.29, 0.717) is 6.04 Å². The lowest BCUT2D eigenvalue weighted by Gasteiger charge is -2.36. The van der Waals surface area contributed by atoms with Crippen molar-refractivity contribution >= 4 is 30.8 Å². The van der Waals surface area contributed by atoms with Gasteiger partial charge >= 0.3 is 5.97 Å². The number of likely N-dealkylation sites (N-methyl/N-ethyl adjacent to an activating group) is 1. The fraction of sp³-hybridized carbons (Fsp3) is 0.632. The predicted molar refractivity (Wildman–Crippen MR) is 104 cm³/mol. The number of fused-ring (bicyclic) bond motifs is 1. The van der Waals surface area contributed by atoms with E-state index in [9.17, 15) is 9.90 Å². The summed E-state index contributed by atoms with van der Waals surface area (Å²) in [6, 6.07) is 9.15. The van der Waals surface area contributed by atoms with Gasteiger partial charge in [-0.25, -0.2) is 0 Å². The molecule has 3 nitrogen and oxygen atoms in total. The van der Waals surface area contributed by atoms with Crippen LogP contribution in [0.25, 0.3) is 0 Å². The number of nitrogens with zero attached hydrogens (tertiary/aromatic N) is 1. The van der Waals surface area contributed by atoms with Crippen molar-refractivity contribution in [3.8, 4) is 0 Å². The number of rotatable bonds is 8. The molecule has 0 fully saturated rings. The standard InChI is InChI=1S/C19H29NO2.2ClH/c1-3-5-8-15(19(21)22)11-12-18-13-16-9-6-7-10-17(16)14-20(18)4-2;;/h6-7,9-10,15,18H,3-5,8,11-14H2,1-2H3,(H,21,22);2*1H. The van der Waals surface area contributed by atoms with Crippen LogP contribution < -0.4 is 0 Å². The molecule has 2 rings (SSSR count). The number of carbonyl (C=O) groups is 1. The van der Waals surface area contributed by atoms with Crippen LogP contribution in [0.1, 0.15) is 57.1 Å². The summed E-state index contributed by atoms with van der Waals surface area (Å²) >= 11 is 0. The summed E-state index contributed by atoms with van der Waals surface area (Å²) in [5.74, 6) is -0.788.